The maximum absolute atomic E-state index is 5.57. The van der Waals surface area contributed by atoms with E-state index in [1.54, 1.807) is 6.20 Å². The first kappa shape index (κ1) is 7.75. The third-order valence-corrected chi connectivity index (χ3v) is 1.83. The third-order valence-electron chi connectivity index (χ3n) is 1.29. The van der Waals surface area contributed by atoms with E-state index >= 15 is 0 Å². The van der Waals surface area contributed by atoms with Crippen molar-refractivity contribution >= 4 is 39.0 Å². The number of imidazole rings is 1. The lowest BCUT2D eigenvalue weighted by Gasteiger charge is -1.94. The summed E-state index contributed by atoms with van der Waals surface area (Å²) in [4.78, 5) is 7.77. The molecule has 7 heteroatoms. The molecule has 0 fully saturated rings. The number of anilines is 1. The molecule has 0 bridgehead atoms. The molecule has 2 aromatic rings. The molecule has 0 aliphatic heterocycles. The number of aromatic nitrogens is 4. The monoisotopic (exact) mass is 247 g/mol. The maximum Gasteiger partial charge on any atom is 0.243 e. The predicted molar refractivity (Wildman–Crippen MR) is 47.9 cm³/mol. The molecule has 5 nitrogen and oxygen atoms in total. The van der Waals surface area contributed by atoms with E-state index in [1.165, 1.54) is 4.52 Å². The molecular formula is C5H3BrClN5. The van der Waals surface area contributed by atoms with Crippen LogP contribution in [0.15, 0.2) is 10.8 Å². The summed E-state index contributed by atoms with van der Waals surface area (Å²) in [5, 5.41) is 3.96. The van der Waals surface area contributed by atoms with Gasteiger partial charge in [0.15, 0.2) is 11.5 Å². The van der Waals surface area contributed by atoms with Gasteiger partial charge in [-0.05, 0) is 27.5 Å². The Bertz CT molecular complexity index is 439. The third kappa shape index (κ3) is 1.12. The largest absolute Gasteiger partial charge is 0.380 e. The number of rotatable bonds is 0. The van der Waals surface area contributed by atoms with Crippen LogP contribution in [0.2, 0.25) is 5.28 Å². The molecule has 0 aromatic carbocycles. The van der Waals surface area contributed by atoms with Gasteiger partial charge in [0.1, 0.15) is 4.60 Å². The second-order valence-electron chi connectivity index (χ2n) is 2.10. The average molecular weight is 248 g/mol. The van der Waals surface area contributed by atoms with E-state index < -0.39 is 0 Å². The van der Waals surface area contributed by atoms with Crippen LogP contribution in [0.1, 0.15) is 0 Å². The zero-order chi connectivity index (χ0) is 8.72. The number of hydrogen-bond acceptors (Lipinski definition) is 4. The van der Waals surface area contributed by atoms with Crippen LogP contribution in [-0.4, -0.2) is 19.6 Å². The molecule has 2 aromatic heterocycles. The Morgan fingerprint density at radius 3 is 3.00 bits per heavy atom. The van der Waals surface area contributed by atoms with Crippen LogP contribution in [-0.2, 0) is 0 Å². The van der Waals surface area contributed by atoms with Crippen molar-refractivity contribution in [1.29, 1.82) is 0 Å². The van der Waals surface area contributed by atoms with Gasteiger partial charge in [0.25, 0.3) is 0 Å². The van der Waals surface area contributed by atoms with Crippen molar-refractivity contribution in [3.63, 3.8) is 0 Å². The minimum atomic E-state index is 0.102. The van der Waals surface area contributed by atoms with Crippen molar-refractivity contribution in [2.75, 3.05) is 5.73 Å². The van der Waals surface area contributed by atoms with Crippen molar-refractivity contribution in [1.82, 2.24) is 19.6 Å². The minimum Gasteiger partial charge on any atom is -0.380 e. The average Bonchev–Trinajstić information content (AvgIpc) is 2.29. The number of nitrogens with two attached hydrogens (primary N) is 1. The van der Waals surface area contributed by atoms with Gasteiger partial charge in [-0.2, -0.15) is 4.98 Å². The second-order valence-corrected chi connectivity index (χ2v) is 3.25. The standard InChI is InChI=1S/C5H3BrClN5/c6-2-1-12-4(9-2)3(8)10-5(7)11-12/h1H,(H2,8,10,11). The summed E-state index contributed by atoms with van der Waals surface area (Å²) in [5.74, 6) is 0.265. The van der Waals surface area contributed by atoms with Crippen molar-refractivity contribution in [3.05, 3.63) is 16.1 Å². The molecule has 0 aliphatic carbocycles. The van der Waals surface area contributed by atoms with Gasteiger partial charge < -0.3 is 5.73 Å². The minimum absolute atomic E-state index is 0.102. The zero-order valence-electron chi connectivity index (χ0n) is 5.70. The molecule has 0 atom stereocenters. The summed E-state index contributed by atoms with van der Waals surface area (Å²) in [6.45, 7) is 0. The van der Waals surface area contributed by atoms with Crippen molar-refractivity contribution in [2.24, 2.45) is 0 Å². The van der Waals surface area contributed by atoms with Gasteiger partial charge in [0, 0.05) is 0 Å². The summed E-state index contributed by atoms with van der Waals surface area (Å²) in [6.07, 6.45) is 1.65. The lowest BCUT2D eigenvalue weighted by molar-refractivity contribution is 0.903. The van der Waals surface area contributed by atoms with Crippen LogP contribution in [0.4, 0.5) is 5.82 Å². The van der Waals surface area contributed by atoms with E-state index in [0.29, 0.717) is 10.3 Å². The fourth-order valence-electron chi connectivity index (χ4n) is 0.855. The fraction of sp³-hybridized carbons (Fsp3) is 0. The molecule has 2 rings (SSSR count). The van der Waals surface area contributed by atoms with E-state index in [1.807, 2.05) is 0 Å². The van der Waals surface area contributed by atoms with Gasteiger partial charge in [0.05, 0.1) is 6.20 Å². The quantitative estimate of drug-likeness (QED) is 0.758. The van der Waals surface area contributed by atoms with Gasteiger partial charge in [-0.15, -0.1) is 5.10 Å². The molecule has 2 heterocycles. The molecule has 0 saturated heterocycles. The van der Waals surface area contributed by atoms with Gasteiger partial charge in [-0.1, -0.05) is 0 Å². The first-order chi connectivity index (χ1) is 5.66. The summed E-state index contributed by atoms with van der Waals surface area (Å²) in [6, 6.07) is 0. The highest BCUT2D eigenvalue weighted by Crippen LogP contribution is 2.14. The zero-order valence-corrected chi connectivity index (χ0v) is 8.04. The van der Waals surface area contributed by atoms with Crippen molar-refractivity contribution in [3.8, 4) is 0 Å². The van der Waals surface area contributed by atoms with Gasteiger partial charge in [0.2, 0.25) is 5.28 Å². The van der Waals surface area contributed by atoms with E-state index in [-0.39, 0.29) is 11.1 Å². The van der Waals surface area contributed by atoms with Gasteiger partial charge >= 0.3 is 0 Å². The molecule has 0 radical (unpaired) electrons. The Hall–Kier alpha value is -0.880. The Morgan fingerprint density at radius 1 is 1.50 bits per heavy atom. The van der Waals surface area contributed by atoms with E-state index in [4.69, 9.17) is 17.3 Å². The van der Waals surface area contributed by atoms with Gasteiger partial charge in [-0.3, -0.25) is 0 Å². The predicted octanol–water partition coefficient (Wildman–Crippen LogP) is 1.12. The Kier molecular flexibility index (Phi) is 1.66. The van der Waals surface area contributed by atoms with Crippen LogP contribution in [0.3, 0.4) is 0 Å². The second kappa shape index (κ2) is 2.56. The molecule has 2 N–H and O–H groups in total. The van der Waals surface area contributed by atoms with Gasteiger partial charge in [-0.25, -0.2) is 9.50 Å². The van der Waals surface area contributed by atoms with Crippen LogP contribution < -0.4 is 5.73 Å². The van der Waals surface area contributed by atoms with Crippen molar-refractivity contribution < 1.29 is 0 Å². The highest BCUT2D eigenvalue weighted by Gasteiger charge is 2.05. The SMILES string of the molecule is Nc1nc(Cl)nn2cc(Br)nc12. The van der Waals surface area contributed by atoms with Crippen molar-refractivity contribution in [2.45, 2.75) is 0 Å². The molecule has 12 heavy (non-hydrogen) atoms. The molecule has 62 valence electrons. The normalized spacial score (nSPS) is 10.8. The lowest BCUT2D eigenvalue weighted by atomic mass is 10.7. The highest BCUT2D eigenvalue weighted by molar-refractivity contribution is 9.10. The number of fused-ring (bicyclic) bond motifs is 1. The summed E-state index contributed by atoms with van der Waals surface area (Å²) in [5.41, 5.74) is 6.02. The first-order valence-electron chi connectivity index (χ1n) is 3.01. The summed E-state index contributed by atoms with van der Waals surface area (Å²) < 4.78 is 2.11. The Labute approximate surface area is 80.7 Å². The molecule has 0 saturated carbocycles. The first-order valence-corrected chi connectivity index (χ1v) is 4.18. The smallest absolute Gasteiger partial charge is 0.243 e. The molecular weight excluding hydrogens is 245 g/mol. The Morgan fingerprint density at radius 2 is 2.25 bits per heavy atom. The lowest BCUT2D eigenvalue weighted by Crippen LogP contribution is -2.00. The Balaban J connectivity index is 2.88. The summed E-state index contributed by atoms with van der Waals surface area (Å²) in [7, 11) is 0. The molecule has 0 spiro atoms. The van der Waals surface area contributed by atoms with Crippen LogP contribution in [0, 0.1) is 0 Å². The number of halogens is 2. The summed E-state index contributed by atoms with van der Waals surface area (Å²) >= 11 is 8.75. The fourth-order valence-corrected chi connectivity index (χ4v) is 1.39. The van der Waals surface area contributed by atoms with Crippen LogP contribution in [0.5, 0.6) is 0 Å². The number of hydrogen-bond donors (Lipinski definition) is 1. The maximum atomic E-state index is 5.57. The highest BCUT2D eigenvalue weighted by atomic mass is 79.9. The molecule has 0 amide bonds. The van der Waals surface area contributed by atoms with Crippen LogP contribution in [0.25, 0.3) is 5.65 Å². The van der Waals surface area contributed by atoms with E-state index in [2.05, 4.69) is 31.0 Å². The van der Waals surface area contributed by atoms with E-state index in [0.717, 1.165) is 0 Å². The van der Waals surface area contributed by atoms with E-state index in [9.17, 15) is 0 Å². The number of nitrogens with zero attached hydrogens (tertiary/aromatic N) is 4. The number of nitrogen functional groups attached to an aromatic ring is 1. The molecule has 0 unspecified atom stereocenters. The molecule has 0 aliphatic rings. The van der Waals surface area contributed by atoms with Crippen LogP contribution >= 0.6 is 27.5 Å². The topological polar surface area (TPSA) is 69.1 Å².